The van der Waals surface area contributed by atoms with Crippen LogP contribution < -0.4 is 9.47 Å². The molecular weight excluding hydrogens is 534 g/mol. The quantitative estimate of drug-likeness (QED) is 0.254. The topological polar surface area (TPSA) is 103 Å². The summed E-state index contributed by atoms with van der Waals surface area (Å²) < 4.78 is 25.6. The highest BCUT2D eigenvalue weighted by molar-refractivity contribution is 6.30. The minimum Gasteiger partial charge on any atom is -0.493 e. The van der Waals surface area contributed by atoms with Crippen LogP contribution in [-0.4, -0.2) is 51.6 Å². The predicted molar refractivity (Wildman–Crippen MR) is 148 cm³/mol. The van der Waals surface area contributed by atoms with Crippen molar-refractivity contribution < 1.29 is 23.7 Å². The lowest BCUT2D eigenvalue weighted by atomic mass is 9.93. The van der Waals surface area contributed by atoms with Gasteiger partial charge in [0.1, 0.15) is 17.6 Å². The molecule has 5 rings (SSSR count). The number of halogens is 1. The number of para-hydroxylation sites is 1. The SMILES string of the molecule is CCOC(=O)C(C)(C)c1nnn(CC[C@H]2O[C@H](c3cccc(OC)c3OC)c3cc(Cl)ccc3-n3cccc32)n1. The molecular formula is C29H32ClN5O5. The van der Waals surface area contributed by atoms with Crippen LogP contribution in [0.4, 0.5) is 0 Å². The molecule has 0 bridgehead atoms. The number of esters is 1. The van der Waals surface area contributed by atoms with E-state index in [0.29, 0.717) is 35.3 Å². The number of aromatic nitrogens is 5. The van der Waals surface area contributed by atoms with Gasteiger partial charge in [-0.05, 0) is 62.4 Å². The summed E-state index contributed by atoms with van der Waals surface area (Å²) in [7, 11) is 3.22. The Balaban J connectivity index is 1.50. The standard InChI is InChI=1S/C29H32ClN5O5/c1-6-39-28(36)29(2,3)27-31-33-35(32-27)16-14-23-22-10-8-15-34(22)21-13-12-18(30)17-20(21)25(40-23)19-9-7-11-24(37-4)26(19)38-5/h7-13,15,17,23,25H,6,14,16H2,1-5H3/t23-,25-/m1/s1. The Kier molecular flexibility index (Phi) is 7.82. The number of hydrogen-bond donors (Lipinski definition) is 0. The van der Waals surface area contributed by atoms with E-state index < -0.39 is 17.5 Å². The smallest absolute Gasteiger partial charge is 0.319 e. The number of tetrazole rings is 1. The first-order chi connectivity index (χ1) is 19.3. The van der Waals surface area contributed by atoms with Gasteiger partial charge >= 0.3 is 5.97 Å². The van der Waals surface area contributed by atoms with E-state index >= 15 is 0 Å². The van der Waals surface area contributed by atoms with E-state index in [4.69, 9.17) is 30.5 Å². The van der Waals surface area contributed by atoms with Crippen LogP contribution >= 0.6 is 11.6 Å². The molecule has 11 heteroatoms. The highest BCUT2D eigenvalue weighted by Crippen LogP contribution is 2.46. The van der Waals surface area contributed by atoms with Gasteiger partial charge in [0.2, 0.25) is 0 Å². The van der Waals surface area contributed by atoms with Crippen LogP contribution in [0.15, 0.2) is 54.7 Å². The summed E-state index contributed by atoms with van der Waals surface area (Å²) in [5, 5.41) is 13.4. The van der Waals surface area contributed by atoms with E-state index in [-0.39, 0.29) is 12.7 Å². The van der Waals surface area contributed by atoms with Gasteiger partial charge in [0.25, 0.3) is 0 Å². The number of methoxy groups -OCH3 is 2. The van der Waals surface area contributed by atoms with Gasteiger partial charge in [-0.1, -0.05) is 23.7 Å². The molecule has 1 aliphatic heterocycles. The number of ether oxygens (including phenoxy) is 4. The second-order valence-corrected chi connectivity index (χ2v) is 10.4. The largest absolute Gasteiger partial charge is 0.493 e. The zero-order valence-corrected chi connectivity index (χ0v) is 23.9. The van der Waals surface area contributed by atoms with Gasteiger partial charge in [-0.25, -0.2) is 0 Å². The van der Waals surface area contributed by atoms with Crippen LogP contribution in [0.2, 0.25) is 5.02 Å². The Hall–Kier alpha value is -3.89. The molecule has 0 aliphatic carbocycles. The molecule has 1 aliphatic rings. The average Bonchev–Trinajstić information content (AvgIpc) is 3.61. The summed E-state index contributed by atoms with van der Waals surface area (Å²) in [6.45, 7) is 5.90. The monoisotopic (exact) mass is 565 g/mol. The Morgan fingerprint density at radius 3 is 2.67 bits per heavy atom. The Morgan fingerprint density at radius 1 is 1.10 bits per heavy atom. The van der Waals surface area contributed by atoms with Crippen LogP contribution in [-0.2, 0) is 26.2 Å². The van der Waals surface area contributed by atoms with Crippen molar-refractivity contribution in [3.8, 4) is 17.2 Å². The molecule has 40 heavy (non-hydrogen) atoms. The van der Waals surface area contributed by atoms with Crippen molar-refractivity contribution in [3.63, 3.8) is 0 Å². The van der Waals surface area contributed by atoms with Gasteiger partial charge in [-0.15, -0.1) is 10.2 Å². The second kappa shape index (κ2) is 11.3. The highest BCUT2D eigenvalue weighted by Gasteiger charge is 2.37. The molecule has 2 aromatic carbocycles. The average molecular weight is 566 g/mol. The number of aryl methyl sites for hydroxylation is 1. The zero-order valence-electron chi connectivity index (χ0n) is 23.1. The van der Waals surface area contributed by atoms with Gasteiger partial charge < -0.3 is 23.5 Å². The van der Waals surface area contributed by atoms with Crippen LogP contribution in [0.25, 0.3) is 5.69 Å². The van der Waals surface area contributed by atoms with Crippen molar-refractivity contribution in [3.05, 3.63) is 82.4 Å². The van der Waals surface area contributed by atoms with Crippen molar-refractivity contribution in [1.82, 2.24) is 24.8 Å². The number of rotatable bonds is 9. The van der Waals surface area contributed by atoms with E-state index in [1.165, 1.54) is 4.80 Å². The Labute approximate surface area is 237 Å². The molecule has 0 unspecified atom stereocenters. The summed E-state index contributed by atoms with van der Waals surface area (Å²) in [4.78, 5) is 13.9. The molecule has 0 saturated heterocycles. The molecule has 0 N–H and O–H groups in total. The van der Waals surface area contributed by atoms with Crippen molar-refractivity contribution in [2.24, 2.45) is 0 Å². The predicted octanol–water partition coefficient (Wildman–Crippen LogP) is 5.23. The van der Waals surface area contributed by atoms with Gasteiger partial charge in [0, 0.05) is 28.8 Å². The lowest BCUT2D eigenvalue weighted by Gasteiger charge is -2.25. The third-order valence-corrected chi connectivity index (χ3v) is 7.28. The van der Waals surface area contributed by atoms with Crippen LogP contribution in [0, 0.1) is 0 Å². The summed E-state index contributed by atoms with van der Waals surface area (Å²) in [5.74, 6) is 1.11. The molecule has 3 heterocycles. The third kappa shape index (κ3) is 5.04. The maximum atomic E-state index is 12.4. The number of nitrogens with zero attached hydrogens (tertiary/aromatic N) is 5. The highest BCUT2D eigenvalue weighted by atomic mass is 35.5. The van der Waals surface area contributed by atoms with Crippen molar-refractivity contribution in [2.45, 2.75) is 51.4 Å². The van der Waals surface area contributed by atoms with E-state index in [2.05, 4.69) is 20.0 Å². The summed E-state index contributed by atoms with van der Waals surface area (Å²) >= 11 is 6.49. The molecule has 0 amide bonds. The van der Waals surface area contributed by atoms with Crippen molar-refractivity contribution >= 4 is 17.6 Å². The van der Waals surface area contributed by atoms with Gasteiger partial charge in [0.05, 0.1) is 38.8 Å². The third-order valence-electron chi connectivity index (χ3n) is 7.05. The fourth-order valence-corrected chi connectivity index (χ4v) is 5.12. The summed E-state index contributed by atoms with van der Waals surface area (Å²) in [5.41, 5.74) is 2.63. The van der Waals surface area contributed by atoms with Crippen molar-refractivity contribution in [1.29, 1.82) is 0 Å². The molecule has 210 valence electrons. The van der Waals surface area contributed by atoms with E-state index in [1.807, 2.05) is 54.7 Å². The number of benzene rings is 2. The molecule has 0 saturated carbocycles. The fraction of sp³-hybridized carbons (Fsp3) is 0.379. The minimum atomic E-state index is -1.02. The van der Waals surface area contributed by atoms with Gasteiger partial charge in [-0.2, -0.15) is 4.80 Å². The first-order valence-electron chi connectivity index (χ1n) is 13.1. The van der Waals surface area contributed by atoms with Crippen LogP contribution in [0.3, 0.4) is 0 Å². The minimum absolute atomic E-state index is 0.280. The number of carbonyl (C=O) groups is 1. The molecule has 2 atom stereocenters. The Bertz CT molecular complexity index is 1510. The normalized spacial score (nSPS) is 16.6. The molecule has 0 fully saturated rings. The molecule has 10 nitrogen and oxygen atoms in total. The molecule has 0 spiro atoms. The van der Waals surface area contributed by atoms with E-state index in [0.717, 1.165) is 22.5 Å². The number of fused-ring (bicyclic) bond motifs is 3. The maximum absolute atomic E-state index is 12.4. The second-order valence-electron chi connectivity index (χ2n) is 9.94. The summed E-state index contributed by atoms with van der Waals surface area (Å²) in [6, 6.07) is 15.6. The first-order valence-corrected chi connectivity index (χ1v) is 13.4. The lowest BCUT2D eigenvalue weighted by Crippen LogP contribution is -2.32. The van der Waals surface area contributed by atoms with Gasteiger partial charge in [-0.3, -0.25) is 4.79 Å². The summed E-state index contributed by atoms with van der Waals surface area (Å²) in [6.07, 6.45) is 1.68. The van der Waals surface area contributed by atoms with Crippen molar-refractivity contribution in [2.75, 3.05) is 20.8 Å². The van der Waals surface area contributed by atoms with E-state index in [1.54, 1.807) is 35.0 Å². The molecule has 0 radical (unpaired) electrons. The fourth-order valence-electron chi connectivity index (χ4n) is 4.94. The number of carbonyl (C=O) groups excluding carboxylic acids is 1. The molecule has 4 aromatic rings. The van der Waals surface area contributed by atoms with E-state index in [9.17, 15) is 4.79 Å². The number of hydrogen-bond acceptors (Lipinski definition) is 8. The lowest BCUT2D eigenvalue weighted by molar-refractivity contribution is -0.149. The van der Waals surface area contributed by atoms with Gasteiger partial charge in [0.15, 0.2) is 17.3 Å². The van der Waals surface area contributed by atoms with Crippen LogP contribution in [0.1, 0.15) is 62.0 Å². The van der Waals surface area contributed by atoms with Crippen LogP contribution in [0.5, 0.6) is 11.5 Å². The maximum Gasteiger partial charge on any atom is 0.319 e. The Morgan fingerprint density at radius 2 is 1.93 bits per heavy atom. The first kappa shape index (κ1) is 27.7. The molecule has 2 aromatic heterocycles. The zero-order chi connectivity index (χ0) is 28.4.